The topological polar surface area (TPSA) is 60.7 Å². The molecule has 2 aliphatic rings. The van der Waals surface area contributed by atoms with E-state index in [4.69, 9.17) is 0 Å². The summed E-state index contributed by atoms with van der Waals surface area (Å²) in [6, 6.07) is 7.22. The zero-order valence-corrected chi connectivity index (χ0v) is 26.2. The lowest BCUT2D eigenvalue weighted by molar-refractivity contribution is -0.137. The van der Waals surface area contributed by atoms with E-state index in [2.05, 4.69) is 15.0 Å². The Labute approximate surface area is 263 Å². The van der Waals surface area contributed by atoms with Gasteiger partial charge in [0, 0.05) is 54.0 Å². The van der Waals surface area contributed by atoms with Gasteiger partial charge in [-0.1, -0.05) is 25.2 Å². The summed E-state index contributed by atoms with van der Waals surface area (Å²) >= 11 is 1.52. The molecule has 3 atom stereocenters. The number of nitrogens with zero attached hydrogens (tertiary/aromatic N) is 4. The second-order valence-corrected chi connectivity index (χ2v) is 13.3. The van der Waals surface area contributed by atoms with Crippen molar-refractivity contribution in [1.29, 1.82) is 0 Å². The van der Waals surface area contributed by atoms with E-state index in [9.17, 15) is 30.6 Å². The lowest BCUT2D eigenvalue weighted by Gasteiger charge is -2.28. The number of rotatable bonds is 6. The first-order valence-electron chi connectivity index (χ1n) is 14.1. The fourth-order valence-corrected chi connectivity index (χ4v) is 6.97. The van der Waals surface area contributed by atoms with Crippen molar-refractivity contribution in [3.8, 4) is 11.4 Å². The van der Waals surface area contributed by atoms with Crippen molar-refractivity contribution in [2.75, 3.05) is 12.0 Å². The number of hydrogen-bond donors (Lipinski definition) is 0. The highest BCUT2D eigenvalue weighted by Gasteiger charge is 2.42. The van der Waals surface area contributed by atoms with Crippen molar-refractivity contribution < 1.29 is 30.6 Å². The molecule has 6 rings (SSSR count). The van der Waals surface area contributed by atoms with Crippen molar-refractivity contribution in [3.05, 3.63) is 90.0 Å². The number of alkyl halides is 6. The summed E-state index contributed by atoms with van der Waals surface area (Å²) in [4.78, 5) is 14.1. The molecule has 0 amide bonds. The molecule has 0 bridgehead atoms. The van der Waals surface area contributed by atoms with Crippen molar-refractivity contribution in [3.63, 3.8) is 0 Å². The Morgan fingerprint density at radius 1 is 1.00 bits per heavy atom. The first-order valence-corrected chi connectivity index (χ1v) is 16.7. The van der Waals surface area contributed by atoms with Gasteiger partial charge in [-0.15, -0.1) is 11.8 Å². The Balaban J connectivity index is 0.000000178. The van der Waals surface area contributed by atoms with Gasteiger partial charge >= 0.3 is 12.4 Å². The Kier molecular flexibility index (Phi) is 9.60. The molecule has 1 saturated carbocycles. The van der Waals surface area contributed by atoms with E-state index in [1.807, 2.05) is 19.2 Å². The lowest BCUT2D eigenvalue weighted by Crippen LogP contribution is -2.21. The first-order chi connectivity index (χ1) is 21.3. The van der Waals surface area contributed by atoms with Crippen molar-refractivity contribution in [2.24, 2.45) is 18.9 Å². The number of imidazole rings is 1. The number of allylic oxidation sites excluding steroid dienone is 4. The number of hydrogen-bond acceptors (Lipinski definition) is 5. The summed E-state index contributed by atoms with van der Waals surface area (Å²) in [6.45, 7) is 1.82. The van der Waals surface area contributed by atoms with E-state index in [-0.39, 0.29) is 17.8 Å². The smallest absolute Gasteiger partial charge is 0.327 e. The highest BCUT2D eigenvalue weighted by molar-refractivity contribution is 7.98. The van der Waals surface area contributed by atoms with E-state index >= 15 is 0 Å². The summed E-state index contributed by atoms with van der Waals surface area (Å²) in [5.41, 5.74) is 1.42. The van der Waals surface area contributed by atoms with E-state index in [1.165, 1.54) is 23.9 Å². The number of pyridine rings is 2. The zero-order chi connectivity index (χ0) is 32.5. The van der Waals surface area contributed by atoms with Crippen molar-refractivity contribution in [2.45, 2.75) is 47.8 Å². The predicted molar refractivity (Wildman–Crippen MR) is 164 cm³/mol. The van der Waals surface area contributed by atoms with Crippen molar-refractivity contribution >= 4 is 33.6 Å². The molecule has 3 unspecified atom stereocenters. The molecule has 0 saturated heterocycles. The number of thioether (sulfide) groups is 1. The third kappa shape index (κ3) is 7.19. The third-order valence-electron chi connectivity index (χ3n) is 7.90. The van der Waals surface area contributed by atoms with Crippen LogP contribution in [0.1, 0.15) is 36.8 Å². The minimum Gasteiger partial charge on any atom is -0.327 e. The molecule has 3 heterocycles. The maximum Gasteiger partial charge on any atom is 0.416 e. The molecule has 0 aliphatic heterocycles. The van der Waals surface area contributed by atoms with Crippen LogP contribution in [0.5, 0.6) is 0 Å². The number of fused-ring (bicyclic) bond motifs is 1. The van der Waals surface area contributed by atoms with Crippen molar-refractivity contribution in [1.82, 2.24) is 19.5 Å². The van der Waals surface area contributed by atoms with Crippen LogP contribution in [-0.2, 0) is 24.0 Å². The molecule has 1 aromatic carbocycles. The van der Waals surface area contributed by atoms with E-state index in [0.29, 0.717) is 27.5 Å². The lowest BCUT2D eigenvalue weighted by atomic mass is 9.78. The van der Waals surface area contributed by atoms with E-state index in [1.54, 1.807) is 48.5 Å². The van der Waals surface area contributed by atoms with E-state index in [0.717, 1.165) is 47.1 Å². The molecule has 1 fully saturated rings. The van der Waals surface area contributed by atoms with Gasteiger partial charge in [-0.25, -0.2) is 4.98 Å². The highest BCUT2D eigenvalue weighted by Crippen LogP contribution is 2.49. The standard InChI is InChI=1S/C17H18F3NOS.C15H12F3N3S/c1-2-23(22)16-10-21-8-7-14(16)13-6-5-12(17(18,19)20)9-15(13)11-3-4-11;1-21-12-4-3-9(15(16,17)18)7-11(12)20-14(21)10-5-6-19-8-13(10)22-2/h5-11,13,15H,2-4H2,1H3;3-8H,1-2H3. The van der Waals surface area contributed by atoms with Gasteiger partial charge in [-0.3, -0.25) is 14.2 Å². The maximum absolute atomic E-state index is 13.0. The number of benzene rings is 1. The molecule has 2 aliphatic carbocycles. The van der Waals surface area contributed by atoms with Gasteiger partial charge in [0.25, 0.3) is 0 Å². The average molecular weight is 665 g/mol. The van der Waals surface area contributed by atoms with Gasteiger partial charge in [0.2, 0.25) is 0 Å². The molecular weight excluding hydrogens is 635 g/mol. The van der Waals surface area contributed by atoms with Crippen LogP contribution < -0.4 is 0 Å². The van der Waals surface area contributed by atoms with Crippen LogP contribution in [0.4, 0.5) is 26.3 Å². The minimum atomic E-state index is -4.37. The normalized spacial score (nSPS) is 19.2. The highest BCUT2D eigenvalue weighted by atomic mass is 32.2. The van der Waals surface area contributed by atoms with Gasteiger partial charge in [0.15, 0.2) is 0 Å². The van der Waals surface area contributed by atoms with Crippen LogP contribution in [0, 0.1) is 11.8 Å². The van der Waals surface area contributed by atoms with Crippen LogP contribution in [-0.4, -0.2) is 41.9 Å². The molecule has 0 radical (unpaired) electrons. The Morgan fingerprint density at radius 2 is 1.71 bits per heavy atom. The molecule has 238 valence electrons. The molecule has 13 heteroatoms. The van der Waals surface area contributed by atoms with Crippen LogP contribution in [0.15, 0.2) is 88.7 Å². The molecule has 0 spiro atoms. The first kappa shape index (κ1) is 32.9. The maximum atomic E-state index is 13.0. The van der Waals surface area contributed by atoms with Gasteiger partial charge in [0.05, 0.1) is 37.9 Å². The summed E-state index contributed by atoms with van der Waals surface area (Å²) < 4.78 is 91.5. The Hall–Kier alpha value is -3.45. The Bertz CT molecular complexity index is 1780. The van der Waals surface area contributed by atoms with Gasteiger partial charge < -0.3 is 4.57 Å². The summed E-state index contributed by atoms with van der Waals surface area (Å²) in [7, 11) is 0.618. The van der Waals surface area contributed by atoms with Crippen LogP contribution >= 0.6 is 11.8 Å². The zero-order valence-electron chi connectivity index (χ0n) is 24.6. The fourth-order valence-electron chi connectivity index (χ4n) is 5.47. The van der Waals surface area contributed by atoms with E-state index < -0.39 is 34.3 Å². The third-order valence-corrected chi connectivity index (χ3v) is 10.0. The Morgan fingerprint density at radius 3 is 2.36 bits per heavy atom. The second-order valence-electron chi connectivity index (χ2n) is 10.7. The minimum absolute atomic E-state index is 0.165. The van der Waals surface area contributed by atoms with Crippen LogP contribution in [0.3, 0.4) is 0 Å². The number of halogens is 6. The molecule has 5 nitrogen and oxygen atoms in total. The van der Waals surface area contributed by atoms with Gasteiger partial charge in [-0.2, -0.15) is 26.3 Å². The van der Waals surface area contributed by atoms with Crippen LogP contribution in [0.25, 0.3) is 22.4 Å². The van der Waals surface area contributed by atoms with Gasteiger partial charge in [0.1, 0.15) is 5.82 Å². The monoisotopic (exact) mass is 664 g/mol. The summed E-state index contributed by atoms with van der Waals surface area (Å²) in [6.07, 6.45) is 5.85. The fraction of sp³-hybridized carbons (Fsp3) is 0.344. The quantitative estimate of drug-likeness (QED) is 0.152. The average Bonchev–Trinajstić information content (AvgIpc) is 3.82. The predicted octanol–water partition coefficient (Wildman–Crippen LogP) is 8.75. The largest absolute Gasteiger partial charge is 0.416 e. The molecule has 45 heavy (non-hydrogen) atoms. The molecule has 3 aromatic heterocycles. The summed E-state index contributed by atoms with van der Waals surface area (Å²) in [5.74, 6) is 1.01. The summed E-state index contributed by atoms with van der Waals surface area (Å²) in [5, 5.41) is 0. The molecular formula is C32H30F6N4OS2. The molecule has 0 N–H and O–H groups in total. The van der Waals surface area contributed by atoms with Crippen LogP contribution in [0.2, 0.25) is 0 Å². The SMILES string of the molecule is CCS(=O)c1cnccc1C1C=CC(C(F)(F)F)=CC1C1CC1.CSc1cnccc1-c1nc2cc(C(F)(F)F)ccc2n1C. The number of aromatic nitrogens is 4. The second kappa shape index (κ2) is 13.1. The number of aryl methyl sites for hydroxylation is 1. The van der Waals surface area contributed by atoms with Gasteiger partial charge in [-0.05, 0) is 66.8 Å². The molecule has 4 aromatic rings.